The molecule has 21 heavy (non-hydrogen) atoms. The molecule has 4 heteroatoms. The zero-order valence-corrected chi connectivity index (χ0v) is 12.3. The van der Waals surface area contributed by atoms with Crippen LogP contribution < -0.4 is 5.32 Å². The number of hydrogen-bond donors (Lipinski definition) is 1. The van der Waals surface area contributed by atoms with E-state index in [4.69, 9.17) is 11.6 Å². The average Bonchev–Trinajstić information content (AvgIpc) is 2.50. The smallest absolute Gasteiger partial charge is 0.163 e. The highest BCUT2D eigenvalue weighted by molar-refractivity contribution is 6.29. The fraction of sp³-hybridized carbons (Fsp3) is 0.0588. The molecule has 1 heterocycles. The number of para-hydroxylation sites is 1. The van der Waals surface area contributed by atoms with Crippen LogP contribution >= 0.6 is 11.6 Å². The second-order valence-corrected chi connectivity index (χ2v) is 5.09. The van der Waals surface area contributed by atoms with Crippen LogP contribution in [0.15, 0.2) is 60.7 Å². The number of aromatic nitrogens is 2. The zero-order chi connectivity index (χ0) is 14.7. The second kappa shape index (κ2) is 5.94. The maximum atomic E-state index is 6.11. The van der Waals surface area contributed by atoms with Crippen molar-refractivity contribution in [1.82, 2.24) is 9.97 Å². The minimum atomic E-state index is 0.417. The molecule has 0 fully saturated rings. The molecule has 0 radical (unpaired) electrons. The van der Waals surface area contributed by atoms with E-state index >= 15 is 0 Å². The first-order valence-corrected chi connectivity index (χ1v) is 7.03. The average molecular weight is 296 g/mol. The monoisotopic (exact) mass is 295 g/mol. The van der Waals surface area contributed by atoms with Gasteiger partial charge < -0.3 is 5.32 Å². The summed E-state index contributed by atoms with van der Waals surface area (Å²) in [6.45, 7) is 2.04. The molecule has 0 atom stereocenters. The van der Waals surface area contributed by atoms with Gasteiger partial charge in [0.1, 0.15) is 11.0 Å². The maximum absolute atomic E-state index is 6.11. The number of nitrogens with zero attached hydrogens (tertiary/aromatic N) is 2. The molecule has 104 valence electrons. The maximum Gasteiger partial charge on any atom is 0.163 e. The Balaban J connectivity index is 1.97. The number of anilines is 2. The lowest BCUT2D eigenvalue weighted by molar-refractivity contribution is 1.17. The van der Waals surface area contributed by atoms with Crippen LogP contribution in [0.25, 0.3) is 11.4 Å². The molecule has 0 amide bonds. The van der Waals surface area contributed by atoms with E-state index in [1.807, 2.05) is 61.5 Å². The SMILES string of the molecule is Cc1ccccc1Nc1cc(Cl)nc(-c2ccccc2)n1. The van der Waals surface area contributed by atoms with Gasteiger partial charge >= 0.3 is 0 Å². The van der Waals surface area contributed by atoms with Crippen molar-refractivity contribution in [1.29, 1.82) is 0 Å². The summed E-state index contributed by atoms with van der Waals surface area (Å²) in [6, 6.07) is 19.5. The van der Waals surface area contributed by atoms with E-state index < -0.39 is 0 Å². The molecular formula is C17H14ClN3. The van der Waals surface area contributed by atoms with Crippen LogP contribution in [0.3, 0.4) is 0 Å². The Morgan fingerprint density at radius 3 is 2.38 bits per heavy atom. The van der Waals surface area contributed by atoms with E-state index in [9.17, 15) is 0 Å². The number of aryl methyl sites for hydroxylation is 1. The topological polar surface area (TPSA) is 37.8 Å². The second-order valence-electron chi connectivity index (χ2n) is 4.71. The fourth-order valence-electron chi connectivity index (χ4n) is 2.05. The third-order valence-corrected chi connectivity index (χ3v) is 3.33. The van der Waals surface area contributed by atoms with E-state index in [1.54, 1.807) is 6.07 Å². The number of halogens is 1. The molecule has 0 unspecified atom stereocenters. The summed E-state index contributed by atoms with van der Waals surface area (Å²) < 4.78 is 0. The van der Waals surface area contributed by atoms with E-state index in [-0.39, 0.29) is 0 Å². The van der Waals surface area contributed by atoms with Gasteiger partial charge in [-0.15, -0.1) is 0 Å². The first kappa shape index (κ1) is 13.6. The highest BCUT2D eigenvalue weighted by atomic mass is 35.5. The van der Waals surface area contributed by atoms with Gasteiger partial charge in [-0.2, -0.15) is 0 Å². The van der Waals surface area contributed by atoms with Crippen molar-refractivity contribution in [2.24, 2.45) is 0 Å². The molecule has 1 N–H and O–H groups in total. The van der Waals surface area contributed by atoms with Crippen LogP contribution in [0, 0.1) is 6.92 Å². The lowest BCUT2D eigenvalue weighted by atomic mass is 10.2. The molecule has 3 nitrogen and oxygen atoms in total. The minimum Gasteiger partial charge on any atom is -0.340 e. The molecule has 2 aromatic carbocycles. The minimum absolute atomic E-state index is 0.417. The highest BCUT2D eigenvalue weighted by Gasteiger charge is 2.06. The molecule has 0 aliphatic heterocycles. The Morgan fingerprint density at radius 2 is 1.62 bits per heavy atom. The van der Waals surface area contributed by atoms with E-state index in [2.05, 4.69) is 15.3 Å². The van der Waals surface area contributed by atoms with Gasteiger partial charge in [0, 0.05) is 17.3 Å². The summed E-state index contributed by atoms with van der Waals surface area (Å²) in [6.07, 6.45) is 0. The number of benzene rings is 2. The first-order valence-electron chi connectivity index (χ1n) is 6.65. The molecule has 0 aliphatic rings. The molecule has 0 aliphatic carbocycles. The van der Waals surface area contributed by atoms with Gasteiger partial charge in [0.25, 0.3) is 0 Å². The third-order valence-electron chi connectivity index (χ3n) is 3.13. The molecule has 3 aromatic rings. The summed E-state index contributed by atoms with van der Waals surface area (Å²) in [5.41, 5.74) is 3.09. The number of nitrogens with one attached hydrogen (secondary N) is 1. The number of rotatable bonds is 3. The Morgan fingerprint density at radius 1 is 0.905 bits per heavy atom. The molecule has 0 bridgehead atoms. The van der Waals surface area contributed by atoms with Gasteiger partial charge in [-0.1, -0.05) is 60.1 Å². The van der Waals surface area contributed by atoms with Gasteiger partial charge in [0.2, 0.25) is 0 Å². The van der Waals surface area contributed by atoms with Crippen molar-refractivity contribution >= 4 is 23.1 Å². The van der Waals surface area contributed by atoms with Crippen molar-refractivity contribution < 1.29 is 0 Å². The zero-order valence-electron chi connectivity index (χ0n) is 11.5. The Hall–Kier alpha value is -2.39. The molecule has 3 rings (SSSR count). The van der Waals surface area contributed by atoms with Crippen LogP contribution in [0.1, 0.15) is 5.56 Å². The summed E-state index contributed by atoms with van der Waals surface area (Å²) in [5.74, 6) is 1.29. The lowest BCUT2D eigenvalue weighted by Gasteiger charge is -2.10. The first-order chi connectivity index (χ1) is 10.2. The largest absolute Gasteiger partial charge is 0.340 e. The van der Waals surface area contributed by atoms with Crippen LogP contribution in [-0.2, 0) is 0 Å². The normalized spacial score (nSPS) is 10.4. The summed E-state index contributed by atoms with van der Waals surface area (Å²) >= 11 is 6.11. The summed E-state index contributed by atoms with van der Waals surface area (Å²) in [4.78, 5) is 8.82. The fourth-order valence-corrected chi connectivity index (χ4v) is 2.23. The van der Waals surface area contributed by atoms with Gasteiger partial charge in [-0.3, -0.25) is 0 Å². The third kappa shape index (κ3) is 3.20. The van der Waals surface area contributed by atoms with Crippen molar-refractivity contribution in [3.05, 3.63) is 71.4 Å². The predicted octanol–water partition coefficient (Wildman–Crippen LogP) is 4.85. The van der Waals surface area contributed by atoms with Crippen molar-refractivity contribution in [3.63, 3.8) is 0 Å². The summed E-state index contributed by atoms with van der Waals surface area (Å²) in [7, 11) is 0. The van der Waals surface area contributed by atoms with E-state index in [0.29, 0.717) is 16.8 Å². The predicted molar refractivity (Wildman–Crippen MR) is 86.9 cm³/mol. The summed E-state index contributed by atoms with van der Waals surface area (Å²) in [5, 5.41) is 3.70. The Labute approximate surface area is 128 Å². The standard InChI is InChI=1S/C17H14ClN3/c1-12-7-5-6-10-14(12)19-16-11-15(18)20-17(21-16)13-8-3-2-4-9-13/h2-11H,1H3,(H,19,20,21). The number of hydrogen-bond acceptors (Lipinski definition) is 3. The van der Waals surface area contributed by atoms with Gasteiger partial charge in [-0.05, 0) is 18.6 Å². The Kier molecular flexibility index (Phi) is 3.84. The van der Waals surface area contributed by atoms with Crippen molar-refractivity contribution in [2.45, 2.75) is 6.92 Å². The van der Waals surface area contributed by atoms with Crippen LogP contribution in [0.4, 0.5) is 11.5 Å². The van der Waals surface area contributed by atoms with E-state index in [0.717, 1.165) is 16.8 Å². The van der Waals surface area contributed by atoms with Gasteiger partial charge in [-0.25, -0.2) is 9.97 Å². The van der Waals surface area contributed by atoms with Crippen LogP contribution in [-0.4, -0.2) is 9.97 Å². The quantitative estimate of drug-likeness (QED) is 0.702. The molecule has 0 saturated carbocycles. The molecule has 0 spiro atoms. The molecular weight excluding hydrogens is 282 g/mol. The lowest BCUT2D eigenvalue weighted by Crippen LogP contribution is -1.99. The van der Waals surface area contributed by atoms with Crippen LogP contribution in [0.2, 0.25) is 5.15 Å². The van der Waals surface area contributed by atoms with E-state index in [1.165, 1.54) is 0 Å². The molecule has 0 saturated heterocycles. The van der Waals surface area contributed by atoms with Gasteiger partial charge in [0.15, 0.2) is 5.82 Å². The van der Waals surface area contributed by atoms with Crippen molar-refractivity contribution in [3.8, 4) is 11.4 Å². The van der Waals surface area contributed by atoms with Crippen LogP contribution in [0.5, 0.6) is 0 Å². The van der Waals surface area contributed by atoms with Gasteiger partial charge in [0.05, 0.1) is 0 Å². The highest BCUT2D eigenvalue weighted by Crippen LogP contribution is 2.23. The Bertz CT molecular complexity index is 757. The molecule has 1 aromatic heterocycles. The van der Waals surface area contributed by atoms with Crippen molar-refractivity contribution in [2.75, 3.05) is 5.32 Å².